The molecule has 0 spiro atoms. The molecule has 1 atom stereocenters. The van der Waals surface area contributed by atoms with Crippen molar-refractivity contribution in [3.05, 3.63) is 29.8 Å². The highest BCUT2D eigenvalue weighted by Crippen LogP contribution is 2.20. The Bertz CT molecular complexity index is 432. The molecule has 2 amide bonds. The SMILES string of the molecule is Cc1cccc(NC(=O)N2CCCC(CCO)C2)c1. The summed E-state index contributed by atoms with van der Waals surface area (Å²) in [4.78, 5) is 14.0. The van der Waals surface area contributed by atoms with Crippen LogP contribution in [0.3, 0.4) is 0 Å². The van der Waals surface area contributed by atoms with Gasteiger partial charge in [0.15, 0.2) is 0 Å². The van der Waals surface area contributed by atoms with E-state index in [9.17, 15) is 4.79 Å². The molecule has 1 aliphatic heterocycles. The minimum absolute atomic E-state index is 0.0340. The maximum Gasteiger partial charge on any atom is 0.321 e. The number of benzene rings is 1. The summed E-state index contributed by atoms with van der Waals surface area (Å²) in [5.41, 5.74) is 1.98. The Hall–Kier alpha value is -1.55. The summed E-state index contributed by atoms with van der Waals surface area (Å²) in [6.07, 6.45) is 2.91. The Kier molecular flexibility index (Phi) is 4.80. The highest BCUT2D eigenvalue weighted by atomic mass is 16.3. The van der Waals surface area contributed by atoms with Crippen LogP contribution in [0.4, 0.5) is 10.5 Å². The highest BCUT2D eigenvalue weighted by Gasteiger charge is 2.23. The minimum atomic E-state index is -0.0340. The molecule has 0 aromatic heterocycles. The van der Waals surface area contributed by atoms with E-state index in [1.165, 1.54) is 0 Å². The second-order valence-corrected chi connectivity index (χ2v) is 5.27. The zero-order chi connectivity index (χ0) is 13.7. The van der Waals surface area contributed by atoms with Crippen molar-refractivity contribution in [3.63, 3.8) is 0 Å². The fourth-order valence-corrected chi connectivity index (χ4v) is 2.59. The van der Waals surface area contributed by atoms with Crippen molar-refractivity contribution < 1.29 is 9.90 Å². The van der Waals surface area contributed by atoms with Gasteiger partial charge in [-0.2, -0.15) is 0 Å². The fraction of sp³-hybridized carbons (Fsp3) is 0.533. The van der Waals surface area contributed by atoms with Gasteiger partial charge >= 0.3 is 6.03 Å². The molecule has 19 heavy (non-hydrogen) atoms. The minimum Gasteiger partial charge on any atom is -0.396 e. The molecule has 1 saturated heterocycles. The summed E-state index contributed by atoms with van der Waals surface area (Å²) in [6, 6.07) is 7.78. The molecule has 4 heteroatoms. The molecule has 2 rings (SSSR count). The number of amides is 2. The molecule has 1 fully saturated rings. The number of aliphatic hydroxyl groups is 1. The molecule has 1 aromatic rings. The second-order valence-electron chi connectivity index (χ2n) is 5.27. The normalized spacial score (nSPS) is 19.3. The molecule has 1 unspecified atom stereocenters. The zero-order valence-corrected chi connectivity index (χ0v) is 11.4. The lowest BCUT2D eigenvalue weighted by molar-refractivity contribution is 0.159. The van der Waals surface area contributed by atoms with Crippen LogP contribution in [0, 0.1) is 12.8 Å². The molecular formula is C15H22N2O2. The van der Waals surface area contributed by atoms with E-state index < -0.39 is 0 Å². The Morgan fingerprint density at radius 2 is 2.37 bits per heavy atom. The van der Waals surface area contributed by atoms with Crippen molar-refractivity contribution in [2.24, 2.45) is 5.92 Å². The standard InChI is InChI=1S/C15H22N2O2/c1-12-4-2-6-14(10-12)16-15(19)17-8-3-5-13(11-17)7-9-18/h2,4,6,10,13,18H,3,5,7-9,11H2,1H3,(H,16,19). The number of nitrogens with one attached hydrogen (secondary N) is 1. The maximum atomic E-state index is 12.2. The lowest BCUT2D eigenvalue weighted by atomic mass is 9.95. The summed E-state index contributed by atoms with van der Waals surface area (Å²) >= 11 is 0. The van der Waals surface area contributed by atoms with Crippen molar-refractivity contribution >= 4 is 11.7 Å². The Morgan fingerprint density at radius 1 is 1.53 bits per heavy atom. The molecule has 0 bridgehead atoms. The van der Waals surface area contributed by atoms with Crippen LogP contribution in [0.15, 0.2) is 24.3 Å². The van der Waals surface area contributed by atoms with Gasteiger partial charge in [0.2, 0.25) is 0 Å². The van der Waals surface area contributed by atoms with Crippen molar-refractivity contribution in [1.82, 2.24) is 4.90 Å². The predicted octanol–water partition coefficient (Wildman–Crippen LogP) is 2.62. The predicted molar refractivity (Wildman–Crippen MR) is 76.2 cm³/mol. The number of hydrogen-bond acceptors (Lipinski definition) is 2. The first-order chi connectivity index (χ1) is 9.19. The van der Waals surface area contributed by atoms with Gasteiger partial charge in [-0.15, -0.1) is 0 Å². The first-order valence-electron chi connectivity index (χ1n) is 6.92. The average Bonchev–Trinajstić information content (AvgIpc) is 2.39. The van der Waals surface area contributed by atoms with E-state index in [-0.39, 0.29) is 12.6 Å². The summed E-state index contributed by atoms with van der Waals surface area (Å²) in [7, 11) is 0. The number of aryl methyl sites for hydroxylation is 1. The number of rotatable bonds is 3. The third-order valence-electron chi connectivity index (χ3n) is 3.61. The van der Waals surface area contributed by atoms with E-state index in [0.29, 0.717) is 5.92 Å². The van der Waals surface area contributed by atoms with Crippen LogP contribution in [0.25, 0.3) is 0 Å². The van der Waals surface area contributed by atoms with E-state index >= 15 is 0 Å². The summed E-state index contributed by atoms with van der Waals surface area (Å²) in [6.45, 7) is 3.77. The first-order valence-corrected chi connectivity index (χ1v) is 6.92. The summed E-state index contributed by atoms with van der Waals surface area (Å²) in [5.74, 6) is 0.432. The number of hydrogen-bond donors (Lipinski definition) is 2. The number of nitrogens with zero attached hydrogens (tertiary/aromatic N) is 1. The van der Waals surface area contributed by atoms with E-state index in [4.69, 9.17) is 5.11 Å². The van der Waals surface area contributed by atoms with Gasteiger partial charge in [-0.05, 0) is 49.8 Å². The molecule has 0 saturated carbocycles. The molecular weight excluding hydrogens is 240 g/mol. The number of piperidine rings is 1. The van der Waals surface area contributed by atoms with Gasteiger partial charge in [0.05, 0.1) is 0 Å². The lowest BCUT2D eigenvalue weighted by Gasteiger charge is -2.32. The van der Waals surface area contributed by atoms with Gasteiger partial charge in [0.1, 0.15) is 0 Å². The van der Waals surface area contributed by atoms with Crippen LogP contribution in [0.5, 0.6) is 0 Å². The smallest absolute Gasteiger partial charge is 0.321 e. The summed E-state index contributed by atoms with van der Waals surface area (Å²) < 4.78 is 0. The van der Waals surface area contributed by atoms with Crippen LogP contribution < -0.4 is 5.32 Å². The largest absolute Gasteiger partial charge is 0.396 e. The van der Waals surface area contributed by atoms with Gasteiger partial charge in [-0.1, -0.05) is 12.1 Å². The van der Waals surface area contributed by atoms with Crippen molar-refractivity contribution in [1.29, 1.82) is 0 Å². The molecule has 1 aromatic carbocycles. The molecule has 4 nitrogen and oxygen atoms in total. The number of carbonyl (C=O) groups is 1. The van der Waals surface area contributed by atoms with Crippen LogP contribution in [0.2, 0.25) is 0 Å². The average molecular weight is 262 g/mol. The Morgan fingerprint density at radius 3 is 3.11 bits per heavy atom. The third kappa shape index (κ3) is 3.96. The zero-order valence-electron chi connectivity index (χ0n) is 11.4. The molecule has 0 aliphatic carbocycles. The first kappa shape index (κ1) is 13.9. The molecule has 1 aliphatic rings. The summed E-state index contributed by atoms with van der Waals surface area (Å²) in [5, 5.41) is 11.9. The fourth-order valence-electron chi connectivity index (χ4n) is 2.59. The number of carbonyl (C=O) groups excluding carboxylic acids is 1. The molecule has 1 heterocycles. The monoisotopic (exact) mass is 262 g/mol. The van der Waals surface area contributed by atoms with Crippen molar-refractivity contribution in [3.8, 4) is 0 Å². The molecule has 0 radical (unpaired) electrons. The molecule has 104 valence electrons. The highest BCUT2D eigenvalue weighted by molar-refractivity contribution is 5.89. The van der Waals surface area contributed by atoms with E-state index in [1.807, 2.05) is 36.1 Å². The van der Waals surface area contributed by atoms with Crippen LogP contribution in [-0.2, 0) is 0 Å². The maximum absolute atomic E-state index is 12.2. The Balaban J connectivity index is 1.92. The van der Waals surface area contributed by atoms with Crippen LogP contribution in [-0.4, -0.2) is 35.7 Å². The van der Waals surface area contributed by atoms with Gasteiger partial charge < -0.3 is 15.3 Å². The van der Waals surface area contributed by atoms with Gasteiger partial charge in [-0.25, -0.2) is 4.79 Å². The topological polar surface area (TPSA) is 52.6 Å². The second kappa shape index (κ2) is 6.57. The van der Waals surface area contributed by atoms with E-state index in [0.717, 1.165) is 43.6 Å². The van der Waals surface area contributed by atoms with Crippen LogP contribution in [0.1, 0.15) is 24.8 Å². The van der Waals surface area contributed by atoms with Crippen LogP contribution >= 0.6 is 0 Å². The van der Waals surface area contributed by atoms with E-state index in [1.54, 1.807) is 0 Å². The quantitative estimate of drug-likeness (QED) is 0.879. The number of urea groups is 1. The van der Waals surface area contributed by atoms with Gasteiger partial charge in [0.25, 0.3) is 0 Å². The number of likely N-dealkylation sites (tertiary alicyclic amines) is 1. The third-order valence-corrected chi connectivity index (χ3v) is 3.61. The lowest BCUT2D eigenvalue weighted by Crippen LogP contribution is -2.42. The molecule has 2 N–H and O–H groups in total. The van der Waals surface area contributed by atoms with Crippen molar-refractivity contribution in [2.75, 3.05) is 25.0 Å². The van der Waals surface area contributed by atoms with Crippen molar-refractivity contribution in [2.45, 2.75) is 26.2 Å². The van der Waals surface area contributed by atoms with Gasteiger partial charge in [-0.3, -0.25) is 0 Å². The Labute approximate surface area is 114 Å². The van der Waals surface area contributed by atoms with Gasteiger partial charge in [0, 0.05) is 25.4 Å². The number of anilines is 1. The van der Waals surface area contributed by atoms with E-state index in [2.05, 4.69) is 5.32 Å². The number of aliphatic hydroxyl groups excluding tert-OH is 1.